The van der Waals surface area contributed by atoms with E-state index in [0.717, 1.165) is 16.2 Å². The van der Waals surface area contributed by atoms with E-state index in [2.05, 4.69) is 10.3 Å². The molecule has 1 atom stereocenters. The number of nitrogens with one attached hydrogen (secondary N) is 1. The molecular weight excluding hydrogens is 208 g/mol. The lowest BCUT2D eigenvalue weighted by Gasteiger charge is -2.24. The van der Waals surface area contributed by atoms with Crippen LogP contribution < -0.4 is 5.32 Å². The first-order chi connectivity index (χ1) is 7.18. The van der Waals surface area contributed by atoms with Crippen LogP contribution in [0, 0.1) is 0 Å². The largest absolute Gasteiger partial charge is 0.374 e. The fraction of sp³-hybridized carbons (Fsp3) is 0.273. The fourth-order valence-corrected chi connectivity index (χ4v) is 2.29. The van der Waals surface area contributed by atoms with Crippen molar-refractivity contribution >= 4 is 22.6 Å². The second-order valence-electron chi connectivity index (χ2n) is 3.45. The number of pyridine rings is 1. The lowest BCUT2D eigenvalue weighted by atomic mass is 10.1. The Kier molecular flexibility index (Phi) is 2.77. The maximum atomic E-state index is 11.4. The van der Waals surface area contributed by atoms with Crippen molar-refractivity contribution in [2.45, 2.75) is 19.9 Å². The maximum Gasteiger partial charge on any atom is 0.215 e. The van der Waals surface area contributed by atoms with Gasteiger partial charge in [-0.05, 0) is 26.0 Å². The summed E-state index contributed by atoms with van der Waals surface area (Å²) in [7, 11) is 0. The van der Waals surface area contributed by atoms with Gasteiger partial charge in [-0.1, -0.05) is 11.8 Å². The number of allylic oxidation sites excluding steroid dienone is 1. The summed E-state index contributed by atoms with van der Waals surface area (Å²) < 4.78 is 0. The minimum absolute atomic E-state index is 0.123. The van der Waals surface area contributed by atoms with Crippen LogP contribution in [0.4, 0.5) is 0 Å². The number of rotatable bonds is 1. The zero-order chi connectivity index (χ0) is 10.8. The molecule has 1 aromatic heterocycles. The van der Waals surface area contributed by atoms with Gasteiger partial charge in [0.2, 0.25) is 5.12 Å². The van der Waals surface area contributed by atoms with Crippen molar-refractivity contribution < 1.29 is 4.79 Å². The van der Waals surface area contributed by atoms with Gasteiger partial charge in [-0.2, -0.15) is 0 Å². The maximum absolute atomic E-state index is 11.4. The van der Waals surface area contributed by atoms with Gasteiger partial charge >= 0.3 is 0 Å². The highest BCUT2D eigenvalue weighted by atomic mass is 32.2. The summed E-state index contributed by atoms with van der Waals surface area (Å²) in [5, 5.41) is 3.39. The number of thioether (sulfide) groups is 1. The Morgan fingerprint density at radius 2 is 2.07 bits per heavy atom. The Morgan fingerprint density at radius 3 is 2.73 bits per heavy atom. The van der Waals surface area contributed by atoms with Crippen molar-refractivity contribution in [2.24, 2.45) is 0 Å². The lowest BCUT2D eigenvalue weighted by Crippen LogP contribution is -2.34. The van der Waals surface area contributed by atoms with E-state index < -0.39 is 0 Å². The highest BCUT2D eigenvalue weighted by Gasteiger charge is 2.23. The molecule has 1 aliphatic heterocycles. The molecule has 0 saturated heterocycles. The van der Waals surface area contributed by atoms with E-state index in [9.17, 15) is 4.79 Å². The molecule has 3 nitrogen and oxygen atoms in total. The van der Waals surface area contributed by atoms with Gasteiger partial charge in [0.25, 0.3) is 0 Å². The summed E-state index contributed by atoms with van der Waals surface area (Å²) >= 11 is 1.31. The van der Waals surface area contributed by atoms with Crippen LogP contribution in [-0.4, -0.2) is 16.1 Å². The van der Waals surface area contributed by atoms with Crippen molar-refractivity contribution in [2.75, 3.05) is 0 Å². The number of nitrogens with zero attached hydrogens (tertiary/aromatic N) is 1. The number of hydrogen-bond acceptors (Lipinski definition) is 4. The van der Waals surface area contributed by atoms with Crippen LogP contribution in [0.25, 0.3) is 5.70 Å². The third kappa shape index (κ3) is 2.04. The van der Waals surface area contributed by atoms with Gasteiger partial charge in [0.1, 0.15) is 0 Å². The Bertz CT molecular complexity index is 414. The summed E-state index contributed by atoms with van der Waals surface area (Å²) in [6.07, 6.45) is 3.51. The summed E-state index contributed by atoms with van der Waals surface area (Å²) in [5.74, 6) is 0. The summed E-state index contributed by atoms with van der Waals surface area (Å²) in [5.41, 5.74) is 2.11. The van der Waals surface area contributed by atoms with E-state index in [0.29, 0.717) is 0 Å². The molecule has 1 aromatic rings. The second-order valence-corrected chi connectivity index (χ2v) is 4.67. The molecule has 0 spiro atoms. The molecule has 78 valence electrons. The van der Waals surface area contributed by atoms with E-state index in [1.807, 2.05) is 26.0 Å². The second kappa shape index (κ2) is 4.06. The van der Waals surface area contributed by atoms with Gasteiger partial charge in [0.15, 0.2) is 0 Å². The first kappa shape index (κ1) is 10.2. The molecule has 0 bridgehead atoms. The molecule has 0 fully saturated rings. The van der Waals surface area contributed by atoms with Crippen molar-refractivity contribution in [1.82, 2.24) is 10.3 Å². The summed E-state index contributed by atoms with van der Waals surface area (Å²) in [4.78, 5) is 16.4. The van der Waals surface area contributed by atoms with E-state index in [4.69, 9.17) is 0 Å². The van der Waals surface area contributed by atoms with E-state index in [1.54, 1.807) is 12.4 Å². The molecule has 1 unspecified atom stereocenters. The molecule has 15 heavy (non-hydrogen) atoms. The predicted molar refractivity (Wildman–Crippen MR) is 62.0 cm³/mol. The predicted octanol–water partition coefficient (Wildman–Crippen LogP) is 2.02. The van der Waals surface area contributed by atoms with E-state index >= 15 is 0 Å². The Labute approximate surface area is 93.0 Å². The van der Waals surface area contributed by atoms with Crippen molar-refractivity contribution in [3.8, 4) is 0 Å². The van der Waals surface area contributed by atoms with E-state index in [1.165, 1.54) is 11.8 Å². The molecular formula is C11H12N2OS. The van der Waals surface area contributed by atoms with Crippen LogP contribution in [0.3, 0.4) is 0 Å². The Morgan fingerprint density at radius 1 is 1.40 bits per heavy atom. The third-order valence-electron chi connectivity index (χ3n) is 2.29. The molecule has 1 N–H and O–H groups in total. The summed E-state index contributed by atoms with van der Waals surface area (Å²) in [6.45, 7) is 3.83. The van der Waals surface area contributed by atoms with Crippen molar-refractivity contribution in [3.05, 3.63) is 35.0 Å². The van der Waals surface area contributed by atoms with Gasteiger partial charge in [0.05, 0.1) is 11.7 Å². The van der Waals surface area contributed by atoms with Gasteiger partial charge < -0.3 is 5.32 Å². The molecule has 4 heteroatoms. The number of carbonyl (C=O) groups is 1. The topological polar surface area (TPSA) is 42.0 Å². The number of hydrogen-bond donors (Lipinski definition) is 1. The minimum atomic E-state index is -0.123. The molecule has 1 aliphatic rings. The average Bonchev–Trinajstić information content (AvgIpc) is 2.25. The number of carbonyl (C=O) groups excluding carboxylic acids is 1. The standard InChI is InChI=1S/C11H12N2OS/c1-7-11(14)15-8(2)10(13-7)9-3-5-12-6-4-9/h3-7,13H,1-2H3. The van der Waals surface area contributed by atoms with Crippen LogP contribution in [0.2, 0.25) is 0 Å². The SMILES string of the molecule is CC1=C(c2ccncc2)NC(C)C(=O)S1. The van der Waals surface area contributed by atoms with E-state index in [-0.39, 0.29) is 11.2 Å². The first-order valence-corrected chi connectivity index (χ1v) is 5.59. The normalized spacial score (nSPS) is 21.5. The van der Waals surface area contributed by atoms with Crippen LogP contribution in [0.15, 0.2) is 29.4 Å². The highest BCUT2D eigenvalue weighted by molar-refractivity contribution is 8.17. The molecule has 2 heterocycles. The van der Waals surface area contributed by atoms with Gasteiger partial charge in [-0.25, -0.2) is 0 Å². The summed E-state index contributed by atoms with van der Waals surface area (Å²) in [6, 6.07) is 3.76. The van der Waals surface area contributed by atoms with Crippen LogP contribution in [0.1, 0.15) is 19.4 Å². The van der Waals surface area contributed by atoms with Crippen LogP contribution in [0.5, 0.6) is 0 Å². The minimum Gasteiger partial charge on any atom is -0.374 e. The zero-order valence-electron chi connectivity index (χ0n) is 8.65. The lowest BCUT2D eigenvalue weighted by molar-refractivity contribution is -0.112. The Hall–Kier alpha value is -1.29. The van der Waals surface area contributed by atoms with Crippen LogP contribution >= 0.6 is 11.8 Å². The van der Waals surface area contributed by atoms with Gasteiger partial charge in [-0.15, -0.1) is 0 Å². The van der Waals surface area contributed by atoms with Gasteiger partial charge in [0, 0.05) is 22.9 Å². The fourth-order valence-electron chi connectivity index (χ4n) is 1.47. The molecule has 0 saturated carbocycles. The highest BCUT2D eigenvalue weighted by Crippen LogP contribution is 2.30. The first-order valence-electron chi connectivity index (χ1n) is 4.78. The Balaban J connectivity index is 2.37. The van der Waals surface area contributed by atoms with Crippen molar-refractivity contribution in [1.29, 1.82) is 0 Å². The zero-order valence-corrected chi connectivity index (χ0v) is 9.47. The molecule has 0 aliphatic carbocycles. The quantitative estimate of drug-likeness (QED) is 0.786. The number of aromatic nitrogens is 1. The van der Waals surface area contributed by atoms with Crippen molar-refractivity contribution in [3.63, 3.8) is 0 Å². The molecule has 0 amide bonds. The van der Waals surface area contributed by atoms with Gasteiger partial charge in [-0.3, -0.25) is 9.78 Å². The average molecular weight is 220 g/mol. The molecule has 0 radical (unpaired) electrons. The monoisotopic (exact) mass is 220 g/mol. The van der Waals surface area contributed by atoms with Crippen LogP contribution in [-0.2, 0) is 4.79 Å². The molecule has 2 rings (SSSR count). The molecule has 0 aromatic carbocycles. The third-order valence-corrected chi connectivity index (χ3v) is 3.35. The smallest absolute Gasteiger partial charge is 0.215 e.